The largest absolute Gasteiger partial charge is 0.329 e. The Hall–Kier alpha value is -0.420. The van der Waals surface area contributed by atoms with Gasteiger partial charge in [0.05, 0.1) is 0 Å². The lowest BCUT2D eigenvalue weighted by molar-refractivity contribution is 0.182. The molecule has 0 amide bonds. The van der Waals surface area contributed by atoms with Gasteiger partial charge in [0, 0.05) is 30.1 Å². The fourth-order valence-electron chi connectivity index (χ4n) is 2.41. The molecule has 0 radical (unpaired) electrons. The van der Waals surface area contributed by atoms with E-state index >= 15 is 0 Å². The van der Waals surface area contributed by atoms with Crippen molar-refractivity contribution in [1.29, 1.82) is 0 Å². The Morgan fingerprint density at radius 3 is 2.40 bits per heavy atom. The van der Waals surface area contributed by atoms with Crippen LogP contribution in [0.25, 0.3) is 0 Å². The van der Waals surface area contributed by atoms with Crippen molar-refractivity contribution in [2.75, 3.05) is 40.3 Å². The van der Waals surface area contributed by atoms with Gasteiger partial charge < -0.3 is 10.6 Å². The maximum atomic E-state index is 6.07. The predicted octanol–water partition coefficient (Wildman–Crippen LogP) is 3.03. The monoisotopic (exact) mass is 341 g/mol. The number of likely N-dealkylation sites (N-methyl/N-ethyl adjacent to an activating group) is 1. The number of nitrogens with zero attached hydrogens (tertiary/aromatic N) is 2. The molecular weight excluding hydrogens is 314 g/mol. The molecule has 1 atom stereocenters. The van der Waals surface area contributed by atoms with Crippen molar-refractivity contribution in [2.45, 2.75) is 26.3 Å². The summed E-state index contributed by atoms with van der Waals surface area (Å²) in [4.78, 5) is 4.72. The minimum Gasteiger partial charge on any atom is -0.329 e. The van der Waals surface area contributed by atoms with E-state index in [4.69, 9.17) is 5.73 Å². The van der Waals surface area contributed by atoms with E-state index in [2.05, 4.69) is 71.9 Å². The van der Waals surface area contributed by atoms with Gasteiger partial charge in [0.15, 0.2) is 0 Å². The third kappa shape index (κ3) is 5.17. The highest BCUT2D eigenvalue weighted by atomic mass is 79.9. The molecule has 1 unspecified atom stereocenters. The molecule has 0 saturated carbocycles. The highest BCUT2D eigenvalue weighted by molar-refractivity contribution is 9.10. The molecule has 0 aromatic heterocycles. The van der Waals surface area contributed by atoms with Crippen LogP contribution >= 0.6 is 15.9 Å². The van der Waals surface area contributed by atoms with Crippen molar-refractivity contribution in [3.63, 3.8) is 0 Å². The zero-order chi connectivity index (χ0) is 15.1. The van der Waals surface area contributed by atoms with Crippen molar-refractivity contribution in [3.8, 4) is 0 Å². The van der Waals surface area contributed by atoms with E-state index in [1.54, 1.807) is 0 Å². The number of aryl methyl sites for hydroxylation is 1. The van der Waals surface area contributed by atoms with Gasteiger partial charge in [-0.15, -0.1) is 0 Å². The maximum Gasteiger partial charge on any atom is 0.0482 e. The first-order valence-corrected chi connectivity index (χ1v) is 8.13. The summed E-state index contributed by atoms with van der Waals surface area (Å²) in [5, 5.41) is 0. The van der Waals surface area contributed by atoms with Crippen LogP contribution in [0.1, 0.15) is 30.5 Å². The lowest BCUT2D eigenvalue weighted by atomic mass is 10.0. The zero-order valence-corrected chi connectivity index (χ0v) is 14.8. The molecule has 1 rings (SSSR count). The second-order valence-electron chi connectivity index (χ2n) is 5.62. The topological polar surface area (TPSA) is 32.5 Å². The zero-order valence-electron chi connectivity index (χ0n) is 13.2. The summed E-state index contributed by atoms with van der Waals surface area (Å²) in [6.07, 6.45) is 1.15. The number of rotatable bonds is 8. The standard InChI is InChI=1S/C16H28BrN3/c1-5-8-20(10-9-19(3)4)16(12-18)14-7-6-13(2)11-15(14)17/h6-7,11,16H,5,8-10,12,18H2,1-4H3. The van der Waals surface area contributed by atoms with Gasteiger partial charge in [-0.1, -0.05) is 35.0 Å². The van der Waals surface area contributed by atoms with Crippen molar-refractivity contribution in [1.82, 2.24) is 9.80 Å². The quantitative estimate of drug-likeness (QED) is 0.788. The Labute approximate surface area is 132 Å². The van der Waals surface area contributed by atoms with Gasteiger partial charge in [0.25, 0.3) is 0 Å². The van der Waals surface area contributed by atoms with Gasteiger partial charge in [-0.25, -0.2) is 0 Å². The van der Waals surface area contributed by atoms with Gasteiger partial charge in [-0.3, -0.25) is 4.90 Å². The van der Waals surface area contributed by atoms with E-state index in [1.165, 1.54) is 15.6 Å². The third-order valence-corrected chi connectivity index (χ3v) is 4.21. The molecule has 0 aliphatic carbocycles. The van der Waals surface area contributed by atoms with E-state index in [0.717, 1.165) is 26.1 Å². The van der Waals surface area contributed by atoms with Crippen LogP contribution in [0.15, 0.2) is 22.7 Å². The summed E-state index contributed by atoms with van der Waals surface area (Å²) >= 11 is 3.70. The van der Waals surface area contributed by atoms with Crippen LogP contribution in [0.5, 0.6) is 0 Å². The van der Waals surface area contributed by atoms with Gasteiger partial charge in [0.1, 0.15) is 0 Å². The summed E-state index contributed by atoms with van der Waals surface area (Å²) in [5.74, 6) is 0. The molecule has 4 heteroatoms. The molecule has 20 heavy (non-hydrogen) atoms. The molecule has 0 heterocycles. The summed E-state index contributed by atoms with van der Waals surface area (Å²) in [5.41, 5.74) is 8.64. The van der Waals surface area contributed by atoms with E-state index in [-0.39, 0.29) is 6.04 Å². The summed E-state index contributed by atoms with van der Waals surface area (Å²) in [6.45, 7) is 8.16. The maximum absolute atomic E-state index is 6.07. The highest BCUT2D eigenvalue weighted by Gasteiger charge is 2.20. The lowest BCUT2D eigenvalue weighted by Crippen LogP contribution is -2.38. The van der Waals surface area contributed by atoms with Gasteiger partial charge in [0.2, 0.25) is 0 Å². The molecule has 0 saturated heterocycles. The van der Waals surface area contributed by atoms with Crippen molar-refractivity contribution in [3.05, 3.63) is 33.8 Å². The first-order chi connectivity index (χ1) is 9.49. The third-order valence-electron chi connectivity index (χ3n) is 3.52. The number of hydrogen-bond donors (Lipinski definition) is 1. The van der Waals surface area contributed by atoms with E-state index in [9.17, 15) is 0 Å². The molecule has 0 spiro atoms. The Morgan fingerprint density at radius 1 is 1.20 bits per heavy atom. The number of benzene rings is 1. The second kappa shape index (κ2) is 8.78. The molecule has 0 aliphatic rings. The smallest absolute Gasteiger partial charge is 0.0482 e. The van der Waals surface area contributed by atoms with Crippen LogP contribution in [0, 0.1) is 6.92 Å². The van der Waals surface area contributed by atoms with Gasteiger partial charge >= 0.3 is 0 Å². The van der Waals surface area contributed by atoms with Crippen molar-refractivity contribution < 1.29 is 0 Å². The average molecular weight is 342 g/mol. The minimum atomic E-state index is 0.282. The number of hydrogen-bond acceptors (Lipinski definition) is 3. The second-order valence-corrected chi connectivity index (χ2v) is 6.47. The fourth-order valence-corrected chi connectivity index (χ4v) is 3.17. The van der Waals surface area contributed by atoms with Gasteiger partial charge in [-0.05, 0) is 51.2 Å². The van der Waals surface area contributed by atoms with Crippen LogP contribution in [-0.2, 0) is 0 Å². The molecule has 0 aliphatic heterocycles. The molecule has 0 fully saturated rings. The SMILES string of the molecule is CCCN(CCN(C)C)C(CN)c1ccc(C)cc1Br. The molecule has 1 aromatic rings. The molecule has 1 aromatic carbocycles. The summed E-state index contributed by atoms with van der Waals surface area (Å²) in [7, 11) is 4.23. The Balaban J connectivity index is 2.93. The average Bonchev–Trinajstić information content (AvgIpc) is 2.38. The molecule has 114 valence electrons. The molecule has 0 bridgehead atoms. The summed E-state index contributed by atoms with van der Waals surface area (Å²) < 4.78 is 1.17. The first-order valence-electron chi connectivity index (χ1n) is 7.34. The fraction of sp³-hybridized carbons (Fsp3) is 0.625. The molecular formula is C16H28BrN3. The van der Waals surface area contributed by atoms with Crippen LogP contribution in [0.2, 0.25) is 0 Å². The lowest BCUT2D eigenvalue weighted by Gasteiger charge is -2.32. The van der Waals surface area contributed by atoms with Gasteiger partial charge in [-0.2, -0.15) is 0 Å². The molecule has 3 nitrogen and oxygen atoms in total. The first kappa shape index (κ1) is 17.6. The molecule has 2 N–H and O–H groups in total. The number of nitrogens with two attached hydrogens (primary N) is 1. The van der Waals surface area contributed by atoms with Crippen molar-refractivity contribution >= 4 is 15.9 Å². The Morgan fingerprint density at radius 2 is 1.90 bits per heavy atom. The van der Waals surface area contributed by atoms with Crippen molar-refractivity contribution in [2.24, 2.45) is 5.73 Å². The Bertz CT molecular complexity index is 407. The van der Waals surface area contributed by atoms with Crippen LogP contribution in [0.3, 0.4) is 0 Å². The van der Waals surface area contributed by atoms with Crippen LogP contribution in [0.4, 0.5) is 0 Å². The number of halogens is 1. The Kier molecular flexibility index (Phi) is 7.74. The summed E-state index contributed by atoms with van der Waals surface area (Å²) in [6, 6.07) is 6.83. The highest BCUT2D eigenvalue weighted by Crippen LogP contribution is 2.28. The van der Waals surface area contributed by atoms with Crippen LogP contribution < -0.4 is 5.73 Å². The predicted molar refractivity (Wildman–Crippen MR) is 91.1 cm³/mol. The minimum absolute atomic E-state index is 0.282. The van der Waals surface area contributed by atoms with E-state index in [1.807, 2.05) is 0 Å². The van der Waals surface area contributed by atoms with E-state index < -0.39 is 0 Å². The normalized spacial score (nSPS) is 13.2. The van der Waals surface area contributed by atoms with Crippen LogP contribution in [-0.4, -0.2) is 50.1 Å². The van der Waals surface area contributed by atoms with E-state index in [0.29, 0.717) is 6.54 Å².